The SMILES string of the molecule is CCCCCCC/C(C)=C/C(O)=CC(C)=O. The maximum Gasteiger partial charge on any atom is 0.156 e. The van der Waals surface area contributed by atoms with Crippen molar-refractivity contribution in [2.75, 3.05) is 0 Å². The third-order valence-electron chi connectivity index (χ3n) is 2.42. The third kappa shape index (κ3) is 9.50. The van der Waals surface area contributed by atoms with Gasteiger partial charge in [-0.15, -0.1) is 0 Å². The van der Waals surface area contributed by atoms with Crippen molar-refractivity contribution in [3.63, 3.8) is 0 Å². The van der Waals surface area contributed by atoms with E-state index in [2.05, 4.69) is 6.92 Å². The second-order valence-corrected chi connectivity index (χ2v) is 4.33. The molecule has 0 fully saturated rings. The molecule has 0 saturated carbocycles. The van der Waals surface area contributed by atoms with Crippen molar-refractivity contribution in [3.8, 4) is 0 Å². The first-order valence-corrected chi connectivity index (χ1v) is 6.14. The molecular weight excluding hydrogens is 200 g/mol. The second kappa shape index (κ2) is 9.20. The van der Waals surface area contributed by atoms with Crippen molar-refractivity contribution in [1.29, 1.82) is 0 Å². The van der Waals surface area contributed by atoms with Crippen molar-refractivity contribution in [3.05, 3.63) is 23.5 Å². The Morgan fingerprint density at radius 1 is 1.06 bits per heavy atom. The Kier molecular flexibility index (Phi) is 8.59. The monoisotopic (exact) mass is 224 g/mol. The fraction of sp³-hybridized carbons (Fsp3) is 0.643. The summed E-state index contributed by atoms with van der Waals surface area (Å²) in [7, 11) is 0. The van der Waals surface area contributed by atoms with Crippen LogP contribution in [0, 0.1) is 0 Å². The van der Waals surface area contributed by atoms with Gasteiger partial charge in [-0.05, 0) is 32.8 Å². The Morgan fingerprint density at radius 2 is 1.69 bits per heavy atom. The van der Waals surface area contributed by atoms with E-state index in [0.717, 1.165) is 18.4 Å². The van der Waals surface area contributed by atoms with Gasteiger partial charge in [-0.1, -0.05) is 38.2 Å². The molecule has 0 bridgehead atoms. The van der Waals surface area contributed by atoms with Gasteiger partial charge in [0, 0.05) is 6.08 Å². The van der Waals surface area contributed by atoms with Crippen LogP contribution in [0.15, 0.2) is 23.5 Å². The molecule has 1 N–H and O–H groups in total. The standard InChI is InChI=1S/C14H24O2/c1-4-5-6-7-8-9-12(2)10-14(16)11-13(3)15/h10-11,16H,4-9H2,1-3H3/b12-10+,14-11?. The second-order valence-electron chi connectivity index (χ2n) is 4.33. The van der Waals surface area contributed by atoms with Crippen molar-refractivity contribution in [1.82, 2.24) is 0 Å². The highest BCUT2D eigenvalue weighted by atomic mass is 16.3. The molecule has 2 nitrogen and oxygen atoms in total. The molecule has 0 aliphatic carbocycles. The van der Waals surface area contributed by atoms with E-state index in [0.29, 0.717) is 0 Å². The summed E-state index contributed by atoms with van der Waals surface area (Å²) < 4.78 is 0. The normalized spacial score (nSPS) is 12.9. The average Bonchev–Trinajstić information content (AvgIpc) is 2.15. The highest BCUT2D eigenvalue weighted by Crippen LogP contribution is 2.11. The number of aliphatic hydroxyl groups is 1. The lowest BCUT2D eigenvalue weighted by Gasteiger charge is -2.01. The van der Waals surface area contributed by atoms with Gasteiger partial charge in [0.25, 0.3) is 0 Å². The summed E-state index contributed by atoms with van der Waals surface area (Å²) in [5.74, 6) is -0.0527. The van der Waals surface area contributed by atoms with Gasteiger partial charge in [0.1, 0.15) is 5.76 Å². The zero-order valence-electron chi connectivity index (χ0n) is 10.8. The number of hydrogen-bond acceptors (Lipinski definition) is 2. The number of hydrogen-bond donors (Lipinski definition) is 1. The zero-order chi connectivity index (χ0) is 12.4. The van der Waals surface area contributed by atoms with Gasteiger partial charge in [-0.3, -0.25) is 4.79 Å². The fourth-order valence-corrected chi connectivity index (χ4v) is 1.58. The summed E-state index contributed by atoms with van der Waals surface area (Å²) in [5, 5.41) is 9.39. The molecule has 0 radical (unpaired) electrons. The maximum absolute atomic E-state index is 10.7. The van der Waals surface area contributed by atoms with E-state index in [-0.39, 0.29) is 11.5 Å². The Morgan fingerprint density at radius 3 is 2.25 bits per heavy atom. The molecule has 0 spiro atoms. The topological polar surface area (TPSA) is 37.3 Å². The minimum Gasteiger partial charge on any atom is -0.508 e. The molecule has 0 aromatic carbocycles. The van der Waals surface area contributed by atoms with E-state index in [1.807, 2.05) is 6.92 Å². The molecule has 2 heteroatoms. The molecule has 0 atom stereocenters. The number of rotatable bonds is 8. The Balaban J connectivity index is 3.83. The molecule has 0 unspecified atom stereocenters. The van der Waals surface area contributed by atoms with Gasteiger partial charge < -0.3 is 5.11 Å². The first-order valence-electron chi connectivity index (χ1n) is 6.14. The molecular formula is C14H24O2. The first-order chi connectivity index (χ1) is 7.56. The van der Waals surface area contributed by atoms with E-state index in [1.54, 1.807) is 6.08 Å². The van der Waals surface area contributed by atoms with E-state index in [9.17, 15) is 9.90 Å². The summed E-state index contributed by atoms with van der Waals surface area (Å²) in [5.41, 5.74) is 1.13. The molecule has 0 aliphatic rings. The average molecular weight is 224 g/mol. The van der Waals surface area contributed by atoms with E-state index >= 15 is 0 Å². The van der Waals surface area contributed by atoms with Gasteiger partial charge >= 0.3 is 0 Å². The Bertz CT molecular complexity index is 262. The van der Waals surface area contributed by atoms with Crippen molar-refractivity contribution < 1.29 is 9.90 Å². The molecule has 16 heavy (non-hydrogen) atoms. The van der Waals surface area contributed by atoms with Crippen LogP contribution in [0.4, 0.5) is 0 Å². The molecule has 0 rings (SSSR count). The smallest absolute Gasteiger partial charge is 0.156 e. The van der Waals surface area contributed by atoms with Crippen LogP contribution in [0.3, 0.4) is 0 Å². The molecule has 92 valence electrons. The zero-order valence-corrected chi connectivity index (χ0v) is 10.8. The highest BCUT2D eigenvalue weighted by Gasteiger charge is 1.95. The summed E-state index contributed by atoms with van der Waals surface area (Å²) >= 11 is 0. The predicted octanol–water partition coefficient (Wildman–Crippen LogP) is 4.32. The van der Waals surface area contributed by atoms with E-state index in [1.165, 1.54) is 38.7 Å². The molecule has 0 aliphatic heterocycles. The predicted molar refractivity (Wildman–Crippen MR) is 68.5 cm³/mol. The van der Waals surface area contributed by atoms with Gasteiger partial charge in [0.2, 0.25) is 0 Å². The van der Waals surface area contributed by atoms with Crippen LogP contribution in [0.25, 0.3) is 0 Å². The van der Waals surface area contributed by atoms with Crippen LogP contribution in [0.1, 0.15) is 59.3 Å². The van der Waals surface area contributed by atoms with Crippen LogP contribution < -0.4 is 0 Å². The summed E-state index contributed by atoms with van der Waals surface area (Å²) in [6.45, 7) is 5.63. The number of carbonyl (C=O) groups excluding carboxylic acids is 1. The van der Waals surface area contributed by atoms with Crippen LogP contribution >= 0.6 is 0 Å². The lowest BCUT2D eigenvalue weighted by atomic mass is 10.1. The van der Waals surface area contributed by atoms with Gasteiger partial charge in [-0.25, -0.2) is 0 Å². The summed E-state index contributed by atoms with van der Waals surface area (Å²) in [4.78, 5) is 10.7. The number of allylic oxidation sites excluding steroid dienone is 3. The molecule has 0 aromatic rings. The highest BCUT2D eigenvalue weighted by molar-refractivity contribution is 5.87. The molecule has 0 heterocycles. The quantitative estimate of drug-likeness (QED) is 0.288. The molecule has 0 saturated heterocycles. The van der Waals surface area contributed by atoms with Gasteiger partial charge in [0.15, 0.2) is 5.78 Å². The van der Waals surface area contributed by atoms with Crippen LogP contribution in [0.5, 0.6) is 0 Å². The van der Waals surface area contributed by atoms with Crippen molar-refractivity contribution >= 4 is 5.78 Å². The van der Waals surface area contributed by atoms with Gasteiger partial charge in [-0.2, -0.15) is 0 Å². The van der Waals surface area contributed by atoms with Crippen LogP contribution in [0.2, 0.25) is 0 Å². The summed E-state index contributed by atoms with van der Waals surface area (Å²) in [6.07, 6.45) is 10.2. The van der Waals surface area contributed by atoms with Gasteiger partial charge in [0.05, 0.1) is 0 Å². The van der Waals surface area contributed by atoms with Crippen molar-refractivity contribution in [2.45, 2.75) is 59.3 Å². The largest absolute Gasteiger partial charge is 0.508 e. The van der Waals surface area contributed by atoms with E-state index < -0.39 is 0 Å². The fourth-order valence-electron chi connectivity index (χ4n) is 1.58. The minimum absolute atomic E-state index is 0.0681. The number of carbonyl (C=O) groups is 1. The van der Waals surface area contributed by atoms with Crippen LogP contribution in [-0.2, 0) is 4.79 Å². The molecule has 0 amide bonds. The minimum atomic E-state index is -0.121. The first kappa shape index (κ1) is 14.9. The molecule has 0 aromatic heterocycles. The maximum atomic E-state index is 10.7. The lowest BCUT2D eigenvalue weighted by Crippen LogP contribution is -1.87. The van der Waals surface area contributed by atoms with Crippen LogP contribution in [-0.4, -0.2) is 10.9 Å². The summed E-state index contributed by atoms with van der Waals surface area (Å²) in [6, 6.07) is 0. The Hall–Kier alpha value is -1.05. The third-order valence-corrected chi connectivity index (χ3v) is 2.42. The Labute approximate surface area is 99.1 Å². The number of aliphatic hydroxyl groups excluding tert-OH is 1. The number of unbranched alkanes of at least 4 members (excludes halogenated alkanes) is 4. The lowest BCUT2D eigenvalue weighted by molar-refractivity contribution is -0.112. The van der Waals surface area contributed by atoms with Crippen molar-refractivity contribution in [2.24, 2.45) is 0 Å². The number of ketones is 1. The van der Waals surface area contributed by atoms with E-state index in [4.69, 9.17) is 0 Å².